The van der Waals surface area contributed by atoms with Crippen molar-refractivity contribution in [1.29, 1.82) is 0 Å². The second-order valence-corrected chi connectivity index (χ2v) is 7.71. The van der Waals surface area contributed by atoms with Crippen LogP contribution in [0.4, 0.5) is 5.82 Å². The first-order valence-corrected chi connectivity index (χ1v) is 10.1. The van der Waals surface area contributed by atoms with Crippen LogP contribution < -0.4 is 15.4 Å². The molecule has 0 saturated carbocycles. The highest BCUT2D eigenvalue weighted by atomic mass is 16.5. The minimum atomic E-state index is -0.426. The molecule has 2 aromatic rings. The molecule has 0 saturated heterocycles. The molecule has 6 nitrogen and oxygen atoms in total. The molecule has 4 rings (SSSR count). The number of benzene rings is 1. The minimum Gasteiger partial charge on any atom is -0.497 e. The van der Waals surface area contributed by atoms with Crippen molar-refractivity contribution in [2.45, 2.75) is 39.0 Å². The Morgan fingerprint density at radius 1 is 1.13 bits per heavy atom. The number of ether oxygens (including phenoxy) is 1. The van der Waals surface area contributed by atoms with Gasteiger partial charge in [-0.15, -0.1) is 0 Å². The van der Waals surface area contributed by atoms with E-state index in [0.717, 1.165) is 41.1 Å². The van der Waals surface area contributed by atoms with Crippen LogP contribution in [0.1, 0.15) is 43.2 Å². The van der Waals surface area contributed by atoms with Crippen molar-refractivity contribution < 1.29 is 14.3 Å². The quantitative estimate of drug-likeness (QED) is 0.806. The summed E-state index contributed by atoms with van der Waals surface area (Å²) in [7, 11) is 1.61. The number of pyridine rings is 1. The van der Waals surface area contributed by atoms with Crippen LogP contribution in [0.2, 0.25) is 0 Å². The molecular weight excluding hydrogens is 378 g/mol. The van der Waals surface area contributed by atoms with Crippen molar-refractivity contribution in [3.63, 3.8) is 0 Å². The Hall–Kier alpha value is -3.41. The van der Waals surface area contributed by atoms with Crippen LogP contribution in [-0.4, -0.2) is 23.8 Å². The molecular formula is C24H25N3O3. The highest BCUT2D eigenvalue weighted by Gasteiger charge is 2.38. The molecule has 1 amide bonds. The van der Waals surface area contributed by atoms with Crippen LogP contribution in [0.25, 0.3) is 0 Å². The summed E-state index contributed by atoms with van der Waals surface area (Å²) in [4.78, 5) is 30.5. The number of dihydropyridines is 1. The fourth-order valence-corrected chi connectivity index (χ4v) is 4.14. The van der Waals surface area contributed by atoms with Gasteiger partial charge < -0.3 is 15.4 Å². The van der Waals surface area contributed by atoms with E-state index in [-0.39, 0.29) is 11.7 Å². The molecule has 154 valence electrons. The number of rotatable bonds is 4. The predicted molar refractivity (Wildman–Crippen MR) is 115 cm³/mol. The number of nitrogens with zero attached hydrogens (tertiary/aromatic N) is 1. The highest BCUT2D eigenvalue weighted by Crippen LogP contribution is 2.42. The summed E-state index contributed by atoms with van der Waals surface area (Å²) in [5, 5.41) is 6.22. The van der Waals surface area contributed by atoms with Crippen molar-refractivity contribution in [1.82, 2.24) is 10.3 Å². The number of hydrogen-bond donors (Lipinski definition) is 2. The van der Waals surface area contributed by atoms with E-state index in [1.165, 1.54) is 0 Å². The van der Waals surface area contributed by atoms with Crippen LogP contribution in [0.5, 0.6) is 5.75 Å². The maximum atomic E-state index is 13.3. The Labute approximate surface area is 176 Å². The first-order chi connectivity index (χ1) is 14.5. The Bertz CT molecular complexity index is 1050. The van der Waals surface area contributed by atoms with Gasteiger partial charge in [-0.05, 0) is 56.0 Å². The normalized spacial score (nSPS) is 18.6. The monoisotopic (exact) mass is 403 g/mol. The summed E-state index contributed by atoms with van der Waals surface area (Å²) in [5.74, 6) is 0.616. The summed E-state index contributed by atoms with van der Waals surface area (Å²) in [6.45, 7) is 3.83. The Balaban J connectivity index is 1.76. The van der Waals surface area contributed by atoms with E-state index in [9.17, 15) is 9.59 Å². The average molecular weight is 403 g/mol. The lowest BCUT2D eigenvalue weighted by Crippen LogP contribution is -2.35. The summed E-state index contributed by atoms with van der Waals surface area (Å²) in [6.07, 6.45) is 3.84. The van der Waals surface area contributed by atoms with Crippen LogP contribution in [0.3, 0.4) is 0 Å². The third-order valence-electron chi connectivity index (χ3n) is 5.62. The second-order valence-electron chi connectivity index (χ2n) is 7.71. The zero-order valence-corrected chi connectivity index (χ0v) is 17.4. The molecule has 0 fully saturated rings. The second kappa shape index (κ2) is 8.14. The van der Waals surface area contributed by atoms with Crippen molar-refractivity contribution >= 4 is 17.5 Å². The van der Waals surface area contributed by atoms with Crippen molar-refractivity contribution in [3.8, 4) is 5.75 Å². The molecule has 30 heavy (non-hydrogen) atoms. The van der Waals surface area contributed by atoms with E-state index in [4.69, 9.17) is 4.74 Å². The SMILES string of the molecule is COc1ccc(C2C(C(=O)Nc3ccc(C)cn3)=C(C)NC3=C2C(=O)CCC3)cc1. The lowest BCUT2D eigenvalue weighted by Gasteiger charge is -2.34. The van der Waals surface area contributed by atoms with Gasteiger partial charge in [0.25, 0.3) is 5.91 Å². The molecule has 2 N–H and O–H groups in total. The van der Waals surface area contributed by atoms with Gasteiger partial charge in [0.1, 0.15) is 11.6 Å². The van der Waals surface area contributed by atoms with E-state index in [2.05, 4.69) is 15.6 Å². The summed E-state index contributed by atoms with van der Waals surface area (Å²) >= 11 is 0. The molecule has 1 atom stereocenters. The van der Waals surface area contributed by atoms with Crippen LogP contribution >= 0.6 is 0 Å². The van der Waals surface area contributed by atoms with Gasteiger partial charge in [0.05, 0.1) is 7.11 Å². The number of hydrogen-bond acceptors (Lipinski definition) is 5. The Morgan fingerprint density at radius 3 is 2.57 bits per heavy atom. The summed E-state index contributed by atoms with van der Waals surface area (Å²) < 4.78 is 5.28. The predicted octanol–water partition coefficient (Wildman–Crippen LogP) is 4.01. The maximum Gasteiger partial charge on any atom is 0.255 e. The van der Waals surface area contributed by atoms with Gasteiger partial charge in [0.15, 0.2) is 5.78 Å². The number of Topliss-reactive ketones (excluding diaryl/α,β-unsaturated/α-hetero) is 1. The molecule has 1 aliphatic carbocycles. The van der Waals surface area contributed by atoms with Crippen molar-refractivity contribution in [3.05, 3.63) is 76.3 Å². The molecule has 2 aliphatic rings. The standard InChI is InChI=1S/C24H25N3O3/c1-14-7-12-20(25-13-14)27-24(29)21-15(2)26-18-5-4-6-19(28)23(18)22(21)16-8-10-17(30-3)11-9-16/h7-13,22,26H,4-6H2,1-3H3,(H,25,27,29). The Morgan fingerprint density at radius 2 is 1.90 bits per heavy atom. The third kappa shape index (κ3) is 3.73. The van der Waals surface area contributed by atoms with Gasteiger partial charge in [-0.2, -0.15) is 0 Å². The zero-order chi connectivity index (χ0) is 21.3. The number of carbonyl (C=O) groups is 2. The molecule has 1 aromatic carbocycles. The molecule has 1 unspecified atom stereocenters. The number of methoxy groups -OCH3 is 1. The number of ketones is 1. The first kappa shape index (κ1) is 19.9. The van der Waals surface area contributed by atoms with Crippen LogP contribution in [-0.2, 0) is 9.59 Å². The Kier molecular flexibility index (Phi) is 5.40. The van der Waals surface area contributed by atoms with Crippen LogP contribution in [0.15, 0.2) is 65.1 Å². The summed E-state index contributed by atoms with van der Waals surface area (Å²) in [5.41, 5.74) is 4.82. The smallest absolute Gasteiger partial charge is 0.255 e. The summed E-state index contributed by atoms with van der Waals surface area (Å²) in [6, 6.07) is 11.2. The number of nitrogens with one attached hydrogen (secondary N) is 2. The fraction of sp³-hybridized carbons (Fsp3) is 0.292. The van der Waals surface area contributed by atoms with E-state index >= 15 is 0 Å². The number of anilines is 1. The molecule has 1 aromatic heterocycles. The topological polar surface area (TPSA) is 80.3 Å². The molecule has 1 aliphatic heterocycles. The van der Waals surface area contributed by atoms with E-state index in [1.807, 2.05) is 44.2 Å². The van der Waals surface area contributed by atoms with Gasteiger partial charge in [-0.3, -0.25) is 9.59 Å². The highest BCUT2D eigenvalue weighted by molar-refractivity contribution is 6.09. The van der Waals surface area contributed by atoms with E-state index in [0.29, 0.717) is 23.4 Å². The largest absolute Gasteiger partial charge is 0.497 e. The first-order valence-electron chi connectivity index (χ1n) is 10.1. The van der Waals surface area contributed by atoms with Gasteiger partial charge >= 0.3 is 0 Å². The van der Waals surface area contributed by atoms with Crippen LogP contribution in [0, 0.1) is 6.92 Å². The van der Waals surface area contributed by atoms with E-state index < -0.39 is 5.92 Å². The third-order valence-corrected chi connectivity index (χ3v) is 5.62. The minimum absolute atomic E-state index is 0.0934. The number of allylic oxidation sites excluding steroid dienone is 3. The fourth-order valence-electron chi connectivity index (χ4n) is 4.14. The van der Waals surface area contributed by atoms with Gasteiger partial charge in [-0.1, -0.05) is 18.2 Å². The lowest BCUT2D eigenvalue weighted by molar-refractivity contribution is -0.116. The van der Waals surface area contributed by atoms with Gasteiger partial charge in [0.2, 0.25) is 0 Å². The zero-order valence-electron chi connectivity index (χ0n) is 17.4. The van der Waals surface area contributed by atoms with Gasteiger partial charge in [0, 0.05) is 41.1 Å². The van der Waals surface area contributed by atoms with E-state index in [1.54, 1.807) is 19.4 Å². The van der Waals surface area contributed by atoms with Crippen molar-refractivity contribution in [2.24, 2.45) is 0 Å². The van der Waals surface area contributed by atoms with Crippen molar-refractivity contribution in [2.75, 3.05) is 12.4 Å². The molecule has 0 bridgehead atoms. The molecule has 0 spiro atoms. The number of carbonyl (C=O) groups excluding carboxylic acids is 2. The maximum absolute atomic E-state index is 13.3. The molecule has 6 heteroatoms. The number of aromatic nitrogens is 1. The molecule has 0 radical (unpaired) electrons. The number of amides is 1. The number of aryl methyl sites for hydroxylation is 1. The van der Waals surface area contributed by atoms with Gasteiger partial charge in [-0.25, -0.2) is 4.98 Å². The average Bonchev–Trinajstić information content (AvgIpc) is 2.74. The lowest BCUT2D eigenvalue weighted by atomic mass is 9.75. The molecule has 2 heterocycles.